The van der Waals surface area contributed by atoms with Crippen molar-refractivity contribution in [2.75, 3.05) is 19.6 Å². The highest BCUT2D eigenvalue weighted by molar-refractivity contribution is 4.83. The van der Waals surface area contributed by atoms with E-state index in [1.807, 2.05) is 0 Å². The fraction of sp³-hybridized carbons (Fsp3) is 1.00. The largest absolute Gasteiger partial charge is 0.330 e. The van der Waals surface area contributed by atoms with E-state index in [0.717, 1.165) is 31.6 Å². The first-order valence-electron chi connectivity index (χ1n) is 6.94. The molecule has 1 atom stereocenters. The monoisotopic (exact) mass is 226 g/mol. The van der Waals surface area contributed by atoms with E-state index in [-0.39, 0.29) is 5.41 Å². The summed E-state index contributed by atoms with van der Waals surface area (Å²) in [6.07, 6.45) is 5.74. The Labute approximate surface area is 102 Å². The van der Waals surface area contributed by atoms with Crippen LogP contribution in [0.4, 0.5) is 0 Å². The average Bonchev–Trinajstić information content (AvgIpc) is 2.78. The number of nitrogens with two attached hydrogens (primary N) is 1. The molecular weight excluding hydrogens is 196 g/mol. The summed E-state index contributed by atoms with van der Waals surface area (Å²) in [5, 5.41) is 0. The van der Waals surface area contributed by atoms with Gasteiger partial charge < -0.3 is 10.6 Å². The zero-order valence-corrected chi connectivity index (χ0v) is 11.6. The van der Waals surface area contributed by atoms with E-state index in [0.29, 0.717) is 0 Å². The van der Waals surface area contributed by atoms with E-state index in [9.17, 15) is 0 Å². The molecule has 2 heteroatoms. The van der Waals surface area contributed by atoms with E-state index in [2.05, 4.69) is 32.6 Å². The van der Waals surface area contributed by atoms with Crippen LogP contribution in [0, 0.1) is 11.3 Å². The Balaban J connectivity index is 2.52. The molecule has 0 aromatic heterocycles. The second-order valence-electron chi connectivity index (χ2n) is 6.22. The third-order valence-corrected chi connectivity index (χ3v) is 4.25. The van der Waals surface area contributed by atoms with Crippen LogP contribution in [0.1, 0.15) is 53.4 Å². The number of hydrogen-bond donors (Lipinski definition) is 1. The molecule has 0 bridgehead atoms. The molecule has 1 unspecified atom stereocenters. The van der Waals surface area contributed by atoms with E-state index in [4.69, 9.17) is 5.73 Å². The molecule has 0 amide bonds. The molecule has 1 rings (SSSR count). The highest BCUT2D eigenvalue weighted by Crippen LogP contribution is 2.31. The Bertz CT molecular complexity index is 195. The van der Waals surface area contributed by atoms with Crippen molar-refractivity contribution in [3.63, 3.8) is 0 Å². The quantitative estimate of drug-likeness (QED) is 0.754. The van der Waals surface area contributed by atoms with Crippen LogP contribution in [0.2, 0.25) is 0 Å². The van der Waals surface area contributed by atoms with Gasteiger partial charge in [-0.2, -0.15) is 0 Å². The maximum absolute atomic E-state index is 5.84. The Morgan fingerprint density at radius 3 is 2.31 bits per heavy atom. The minimum Gasteiger partial charge on any atom is -0.330 e. The molecule has 2 nitrogen and oxygen atoms in total. The van der Waals surface area contributed by atoms with Gasteiger partial charge in [-0.05, 0) is 44.2 Å². The molecule has 1 aliphatic rings. The molecule has 0 aromatic rings. The molecule has 0 saturated heterocycles. The van der Waals surface area contributed by atoms with Crippen molar-refractivity contribution in [1.82, 2.24) is 4.90 Å². The number of nitrogens with zero attached hydrogens (tertiary/aromatic N) is 1. The summed E-state index contributed by atoms with van der Waals surface area (Å²) in [5.41, 5.74) is 6.09. The van der Waals surface area contributed by atoms with Gasteiger partial charge in [0.15, 0.2) is 0 Å². The van der Waals surface area contributed by atoms with Gasteiger partial charge in [-0.25, -0.2) is 0 Å². The van der Waals surface area contributed by atoms with E-state index in [1.165, 1.54) is 25.7 Å². The SMILES string of the molecule is CCN(CC(C)(C)CN)C(C)C1CCCC1. The lowest BCUT2D eigenvalue weighted by atomic mass is 9.90. The minimum atomic E-state index is 0.253. The summed E-state index contributed by atoms with van der Waals surface area (Å²) in [5.74, 6) is 0.925. The predicted molar refractivity (Wildman–Crippen MR) is 71.5 cm³/mol. The van der Waals surface area contributed by atoms with E-state index >= 15 is 0 Å². The molecule has 0 radical (unpaired) electrons. The van der Waals surface area contributed by atoms with Crippen molar-refractivity contribution in [2.45, 2.75) is 59.4 Å². The zero-order valence-electron chi connectivity index (χ0n) is 11.6. The Kier molecular flexibility index (Phi) is 5.26. The first-order valence-corrected chi connectivity index (χ1v) is 6.94. The lowest BCUT2D eigenvalue weighted by Gasteiger charge is -2.37. The van der Waals surface area contributed by atoms with Gasteiger partial charge in [-0.15, -0.1) is 0 Å². The van der Waals surface area contributed by atoms with Crippen LogP contribution in [-0.2, 0) is 0 Å². The summed E-state index contributed by atoms with van der Waals surface area (Å²) in [4.78, 5) is 2.63. The highest BCUT2D eigenvalue weighted by Gasteiger charge is 2.28. The van der Waals surface area contributed by atoms with Crippen molar-refractivity contribution >= 4 is 0 Å². The Morgan fingerprint density at radius 2 is 1.88 bits per heavy atom. The number of rotatable bonds is 6. The molecular formula is C14H30N2. The van der Waals surface area contributed by atoms with E-state index < -0.39 is 0 Å². The number of hydrogen-bond acceptors (Lipinski definition) is 2. The highest BCUT2D eigenvalue weighted by atomic mass is 15.2. The van der Waals surface area contributed by atoms with Gasteiger partial charge in [0.25, 0.3) is 0 Å². The van der Waals surface area contributed by atoms with Crippen molar-refractivity contribution in [1.29, 1.82) is 0 Å². The lowest BCUT2D eigenvalue weighted by Crippen LogP contribution is -2.45. The second-order valence-corrected chi connectivity index (χ2v) is 6.22. The van der Waals surface area contributed by atoms with Crippen molar-refractivity contribution in [2.24, 2.45) is 17.1 Å². The molecule has 96 valence electrons. The van der Waals surface area contributed by atoms with Gasteiger partial charge in [-0.3, -0.25) is 0 Å². The van der Waals surface area contributed by atoms with Gasteiger partial charge in [0.2, 0.25) is 0 Å². The maximum atomic E-state index is 5.84. The topological polar surface area (TPSA) is 29.3 Å². The third kappa shape index (κ3) is 3.74. The van der Waals surface area contributed by atoms with Gasteiger partial charge in [0, 0.05) is 12.6 Å². The average molecular weight is 226 g/mol. The molecule has 1 fully saturated rings. The fourth-order valence-corrected chi connectivity index (χ4v) is 2.90. The summed E-state index contributed by atoms with van der Waals surface area (Å²) < 4.78 is 0. The Hall–Kier alpha value is -0.0800. The molecule has 0 aliphatic heterocycles. The maximum Gasteiger partial charge on any atom is 0.00953 e. The van der Waals surface area contributed by atoms with Crippen molar-refractivity contribution in [3.05, 3.63) is 0 Å². The van der Waals surface area contributed by atoms with Gasteiger partial charge in [0.1, 0.15) is 0 Å². The van der Waals surface area contributed by atoms with Crippen molar-refractivity contribution < 1.29 is 0 Å². The second kappa shape index (κ2) is 6.02. The van der Waals surface area contributed by atoms with Gasteiger partial charge in [0.05, 0.1) is 0 Å². The van der Waals surface area contributed by atoms with Crippen LogP contribution < -0.4 is 5.73 Å². The van der Waals surface area contributed by atoms with Crippen LogP contribution in [0.15, 0.2) is 0 Å². The first-order chi connectivity index (χ1) is 7.50. The third-order valence-electron chi connectivity index (χ3n) is 4.25. The van der Waals surface area contributed by atoms with Crippen LogP contribution in [0.25, 0.3) is 0 Å². The van der Waals surface area contributed by atoms with Crippen LogP contribution in [0.3, 0.4) is 0 Å². The van der Waals surface area contributed by atoms with Gasteiger partial charge in [-0.1, -0.05) is 33.6 Å². The summed E-state index contributed by atoms with van der Waals surface area (Å²) >= 11 is 0. The summed E-state index contributed by atoms with van der Waals surface area (Å²) in [6, 6.07) is 0.735. The van der Waals surface area contributed by atoms with Gasteiger partial charge >= 0.3 is 0 Å². The standard InChI is InChI=1S/C14H30N2/c1-5-16(11-14(3,4)10-15)12(2)13-8-6-7-9-13/h12-13H,5-11,15H2,1-4H3. The molecule has 0 spiro atoms. The molecule has 1 aliphatic carbocycles. The fourth-order valence-electron chi connectivity index (χ4n) is 2.90. The molecule has 0 aromatic carbocycles. The lowest BCUT2D eigenvalue weighted by molar-refractivity contribution is 0.112. The first kappa shape index (κ1) is 14.0. The van der Waals surface area contributed by atoms with Crippen LogP contribution in [-0.4, -0.2) is 30.6 Å². The molecule has 16 heavy (non-hydrogen) atoms. The molecule has 0 heterocycles. The normalized spacial score (nSPS) is 20.6. The zero-order chi connectivity index (χ0) is 12.2. The van der Waals surface area contributed by atoms with Crippen LogP contribution in [0.5, 0.6) is 0 Å². The Morgan fingerprint density at radius 1 is 1.31 bits per heavy atom. The summed E-state index contributed by atoms with van der Waals surface area (Å²) in [6.45, 7) is 12.3. The summed E-state index contributed by atoms with van der Waals surface area (Å²) in [7, 11) is 0. The van der Waals surface area contributed by atoms with Crippen molar-refractivity contribution in [3.8, 4) is 0 Å². The molecule has 2 N–H and O–H groups in total. The smallest absolute Gasteiger partial charge is 0.00953 e. The minimum absolute atomic E-state index is 0.253. The molecule has 1 saturated carbocycles. The van der Waals surface area contributed by atoms with E-state index in [1.54, 1.807) is 0 Å². The van der Waals surface area contributed by atoms with Crippen LogP contribution >= 0.6 is 0 Å². The predicted octanol–water partition coefficient (Wildman–Crippen LogP) is 2.87.